The molecule has 11 heteroatoms. The summed E-state index contributed by atoms with van der Waals surface area (Å²) in [5.74, 6) is -11.2. The monoisotopic (exact) mass is 1000 g/mol. The van der Waals surface area contributed by atoms with Crippen molar-refractivity contribution in [1.29, 1.82) is 0 Å². The Balaban J connectivity index is 0.000000176. The third-order valence-electron chi connectivity index (χ3n) is 27.0. The Kier molecular flexibility index (Phi) is 12.0. The van der Waals surface area contributed by atoms with E-state index in [0.717, 1.165) is 24.0 Å². The lowest BCUT2D eigenvalue weighted by Crippen LogP contribution is -2.72. The highest BCUT2D eigenvalue weighted by molar-refractivity contribution is 5.77. The summed E-state index contributed by atoms with van der Waals surface area (Å²) >= 11 is 0. The van der Waals surface area contributed by atoms with Crippen LogP contribution in [0.5, 0.6) is 0 Å². The van der Waals surface area contributed by atoms with E-state index < -0.39 is 96.9 Å². The van der Waals surface area contributed by atoms with Crippen LogP contribution < -0.4 is 0 Å². The zero-order valence-corrected chi connectivity index (χ0v) is 45.7. The number of halogens is 6. The van der Waals surface area contributed by atoms with E-state index >= 15 is 26.3 Å². The predicted molar refractivity (Wildman–Crippen MR) is 265 cm³/mol. The van der Waals surface area contributed by atoms with E-state index in [1.165, 1.54) is 0 Å². The summed E-state index contributed by atoms with van der Waals surface area (Å²) in [6, 6.07) is 0. The molecule has 5 nitrogen and oxygen atoms in total. The van der Waals surface area contributed by atoms with Gasteiger partial charge in [0.15, 0.2) is 0 Å². The van der Waals surface area contributed by atoms with Crippen molar-refractivity contribution < 1.29 is 51.3 Å². The van der Waals surface area contributed by atoms with Gasteiger partial charge in [-0.15, -0.1) is 0 Å². The van der Waals surface area contributed by atoms with Gasteiger partial charge in [0.05, 0.1) is 10.8 Å². The van der Waals surface area contributed by atoms with E-state index in [1.807, 2.05) is 34.6 Å². The van der Waals surface area contributed by atoms with Crippen LogP contribution in [-0.4, -0.2) is 51.1 Å². The first kappa shape index (κ1) is 53.8. The van der Waals surface area contributed by atoms with Crippen LogP contribution in [0.2, 0.25) is 0 Å². The molecule has 0 saturated heterocycles. The molecular formula is C60H90F6O5. The van der Waals surface area contributed by atoms with Crippen LogP contribution in [-0.2, 0) is 9.59 Å². The number of allylic oxidation sites excluding steroid dienone is 4. The maximum Gasteiger partial charge on any atom is 0.310 e. The minimum Gasteiger partial charge on any atom is -0.481 e. The number of rotatable bonds is 2. The molecule has 0 spiro atoms. The van der Waals surface area contributed by atoms with E-state index in [-0.39, 0.29) is 59.7 Å². The van der Waals surface area contributed by atoms with Crippen LogP contribution in [0.3, 0.4) is 0 Å². The Morgan fingerprint density at radius 2 is 0.915 bits per heavy atom. The van der Waals surface area contributed by atoms with Gasteiger partial charge in [-0.3, -0.25) is 9.59 Å². The molecule has 10 aliphatic rings. The van der Waals surface area contributed by atoms with Gasteiger partial charge < -0.3 is 15.3 Å². The lowest BCUT2D eigenvalue weighted by molar-refractivity contribution is -0.331. The average molecular weight is 1010 g/mol. The molecule has 8 saturated carbocycles. The molecule has 0 aromatic carbocycles. The van der Waals surface area contributed by atoms with Gasteiger partial charge in [0.1, 0.15) is 6.17 Å². The van der Waals surface area contributed by atoms with Crippen LogP contribution >= 0.6 is 0 Å². The molecule has 0 aliphatic heterocycles. The minimum atomic E-state index is -3.08. The van der Waals surface area contributed by atoms with Crippen molar-refractivity contribution in [3.63, 3.8) is 0 Å². The fraction of sp³-hybridized carbons (Fsp3) is 0.900. The van der Waals surface area contributed by atoms with Gasteiger partial charge in [-0.05, 0) is 159 Å². The second kappa shape index (κ2) is 15.8. The van der Waals surface area contributed by atoms with Crippen molar-refractivity contribution in [1.82, 2.24) is 0 Å². The smallest absolute Gasteiger partial charge is 0.310 e. The molecule has 8 fully saturated rings. The zero-order valence-electron chi connectivity index (χ0n) is 45.7. The molecule has 0 bridgehead atoms. The topological polar surface area (TPSA) is 94.8 Å². The number of hydrogen-bond acceptors (Lipinski definition) is 3. The Hall–Kier alpha value is -2.04. The minimum absolute atomic E-state index is 0.0439. The largest absolute Gasteiger partial charge is 0.481 e. The van der Waals surface area contributed by atoms with Crippen LogP contribution in [0.4, 0.5) is 26.3 Å². The van der Waals surface area contributed by atoms with E-state index in [2.05, 4.69) is 53.7 Å². The molecule has 10 rings (SSSR count). The number of hydrogen-bond donors (Lipinski definition) is 3. The fourth-order valence-corrected chi connectivity index (χ4v) is 21.4. The lowest BCUT2D eigenvalue weighted by Gasteiger charge is -2.73. The maximum atomic E-state index is 16.8. The second-order valence-electron chi connectivity index (χ2n) is 29.3. The van der Waals surface area contributed by atoms with Gasteiger partial charge in [-0.2, -0.15) is 0 Å². The van der Waals surface area contributed by atoms with Gasteiger partial charge in [0.25, 0.3) is 11.8 Å². The molecule has 3 N–H and O–H groups in total. The van der Waals surface area contributed by atoms with Crippen molar-refractivity contribution in [2.24, 2.45) is 113 Å². The van der Waals surface area contributed by atoms with E-state index in [1.54, 1.807) is 20.8 Å². The number of carboxylic acids is 2. The molecule has 20 unspecified atom stereocenters. The van der Waals surface area contributed by atoms with Gasteiger partial charge in [0.2, 0.25) is 5.85 Å². The van der Waals surface area contributed by atoms with Gasteiger partial charge in [-0.25, -0.2) is 26.3 Å². The highest BCUT2D eigenvalue weighted by Crippen LogP contribution is 2.81. The molecule has 0 amide bonds. The van der Waals surface area contributed by atoms with Crippen molar-refractivity contribution >= 4 is 11.9 Å². The molecular weight excluding hydrogens is 915 g/mol. The van der Waals surface area contributed by atoms with Gasteiger partial charge in [0, 0.05) is 46.3 Å². The molecule has 0 aromatic rings. The first-order valence-corrected chi connectivity index (χ1v) is 28.0. The SMILES string of the molecule is CC1CCC2(C(=O)O)CCC3(C)C(=CCC4C5(C)CCC(F)C(C)(C)C5CC(F)(F)C43C)C2C1C.CC1CCC2(C(=O)O)CCC3(C)C(=CCC4C5(C)CCC(O)(F)C(C)(C)C5CC(F)(F)C43C)C2C1C. The van der Waals surface area contributed by atoms with Crippen LogP contribution in [0, 0.1) is 113 Å². The van der Waals surface area contributed by atoms with Crippen molar-refractivity contribution in [3.05, 3.63) is 23.3 Å². The zero-order chi connectivity index (χ0) is 52.9. The summed E-state index contributed by atoms with van der Waals surface area (Å²) in [6.45, 7) is 27.4. The normalized spacial score (nSPS) is 54.9. The third kappa shape index (κ3) is 6.34. The molecule has 0 radical (unpaired) electrons. The summed E-state index contributed by atoms with van der Waals surface area (Å²) in [6.07, 6.45) is 9.78. The third-order valence-corrected chi connectivity index (χ3v) is 27.0. The standard InChI is InChI=1S/C30H45F3O3.C30H45F3O2/c1-17-10-11-28(23(34)35)14-13-26(6)19(22(28)18(17)2)8-9-20-25(5)12-15-30(33,36)24(3,4)21(25)16-29(31,32)27(20,26)7;1-17-10-13-29(24(34)35)15-14-27(6)19(23(29)18(17)2)8-9-20-26(5)12-11-22(31)25(3,4)21(26)16-30(32,33)28(20,27)7/h8,17-18,20-22,36H,9-16H2,1-7H3,(H,34,35);8,17-18,20-23H,9-16H2,1-7H3,(H,34,35). The van der Waals surface area contributed by atoms with Gasteiger partial charge >= 0.3 is 11.9 Å². The van der Waals surface area contributed by atoms with E-state index in [0.29, 0.717) is 82.5 Å². The first-order valence-electron chi connectivity index (χ1n) is 28.0. The lowest BCUT2D eigenvalue weighted by atomic mass is 9.32. The maximum absolute atomic E-state index is 16.8. The van der Waals surface area contributed by atoms with Crippen molar-refractivity contribution in [2.45, 2.75) is 224 Å². The number of fused-ring (bicyclic) bond motifs is 14. The van der Waals surface area contributed by atoms with E-state index in [4.69, 9.17) is 0 Å². The number of carboxylic acid groups (broad SMARTS) is 2. The summed E-state index contributed by atoms with van der Waals surface area (Å²) in [5, 5.41) is 31.5. The quantitative estimate of drug-likeness (QED) is 0.189. The molecule has 0 heterocycles. The summed E-state index contributed by atoms with van der Waals surface area (Å²) in [7, 11) is 0. The Bertz CT molecular complexity index is 2270. The molecule has 10 aliphatic carbocycles. The first-order chi connectivity index (χ1) is 32.3. The average Bonchev–Trinajstić information content (AvgIpc) is 3.27. The Morgan fingerprint density at radius 3 is 1.32 bits per heavy atom. The van der Waals surface area contributed by atoms with Gasteiger partial charge in [-0.1, -0.05) is 120 Å². The molecule has 20 atom stereocenters. The summed E-state index contributed by atoms with van der Waals surface area (Å²) < 4.78 is 97.5. The number of carbonyl (C=O) groups is 2. The molecule has 71 heavy (non-hydrogen) atoms. The van der Waals surface area contributed by atoms with Crippen LogP contribution in [0.25, 0.3) is 0 Å². The van der Waals surface area contributed by atoms with Crippen LogP contribution in [0.1, 0.15) is 200 Å². The fourth-order valence-electron chi connectivity index (χ4n) is 21.4. The molecule has 402 valence electrons. The van der Waals surface area contributed by atoms with Crippen LogP contribution in [0.15, 0.2) is 23.3 Å². The Labute approximate surface area is 422 Å². The molecule has 0 aromatic heterocycles. The number of aliphatic hydroxyl groups is 1. The second-order valence-corrected chi connectivity index (χ2v) is 29.3. The Morgan fingerprint density at radius 1 is 0.521 bits per heavy atom. The number of alkyl halides is 6. The number of aliphatic carboxylic acids is 2. The van der Waals surface area contributed by atoms with Crippen molar-refractivity contribution in [3.8, 4) is 0 Å². The highest BCUT2D eigenvalue weighted by Gasteiger charge is 2.80. The predicted octanol–water partition coefficient (Wildman–Crippen LogP) is 15.9. The van der Waals surface area contributed by atoms with E-state index in [9.17, 15) is 24.9 Å². The summed E-state index contributed by atoms with van der Waals surface area (Å²) in [4.78, 5) is 25.5. The van der Waals surface area contributed by atoms with Crippen molar-refractivity contribution in [2.75, 3.05) is 0 Å². The highest BCUT2D eigenvalue weighted by atomic mass is 19.3. The summed E-state index contributed by atoms with van der Waals surface area (Å²) in [5.41, 5.74) is -6.99.